The summed E-state index contributed by atoms with van der Waals surface area (Å²) in [4.78, 5) is 33.6. The molecule has 1 aliphatic rings. The molecular formula is C20H30N6O3. The largest absolute Gasteiger partial charge is 0.443 e. The average Bonchev–Trinajstić information content (AvgIpc) is 3.20. The van der Waals surface area contributed by atoms with Gasteiger partial charge in [-0.3, -0.25) is 14.3 Å². The fourth-order valence-electron chi connectivity index (χ4n) is 3.38. The molecule has 2 aromatic heterocycles. The van der Waals surface area contributed by atoms with Crippen molar-refractivity contribution in [3.8, 4) is 0 Å². The fourth-order valence-corrected chi connectivity index (χ4v) is 3.38. The summed E-state index contributed by atoms with van der Waals surface area (Å²) in [6.07, 6.45) is 3.09. The lowest BCUT2D eigenvalue weighted by Crippen LogP contribution is -2.35. The van der Waals surface area contributed by atoms with Gasteiger partial charge in [-0.15, -0.1) is 0 Å². The first-order valence-corrected chi connectivity index (χ1v) is 10.1. The van der Waals surface area contributed by atoms with Gasteiger partial charge in [-0.25, -0.2) is 4.98 Å². The molecule has 29 heavy (non-hydrogen) atoms. The second kappa shape index (κ2) is 9.21. The molecule has 0 aliphatic carbocycles. The quantitative estimate of drug-likeness (QED) is 0.787. The fraction of sp³-hybridized carbons (Fsp3) is 0.600. The molecule has 158 valence electrons. The molecule has 0 spiro atoms. The van der Waals surface area contributed by atoms with Gasteiger partial charge in [0.05, 0.1) is 5.69 Å². The van der Waals surface area contributed by atoms with Crippen molar-refractivity contribution in [2.75, 3.05) is 33.2 Å². The van der Waals surface area contributed by atoms with E-state index in [1.54, 1.807) is 18.5 Å². The predicted molar refractivity (Wildman–Crippen MR) is 107 cm³/mol. The molecule has 1 N–H and O–H groups in total. The van der Waals surface area contributed by atoms with Crippen LogP contribution >= 0.6 is 0 Å². The second-order valence-electron chi connectivity index (χ2n) is 7.67. The summed E-state index contributed by atoms with van der Waals surface area (Å²) in [5.74, 6) is 0.599. The lowest BCUT2D eigenvalue weighted by atomic mass is 10.3. The smallest absolute Gasteiger partial charge is 0.276 e. The van der Waals surface area contributed by atoms with Gasteiger partial charge in [-0.2, -0.15) is 5.10 Å². The number of hydrogen-bond donors (Lipinski definition) is 1. The number of hydrogen-bond acceptors (Lipinski definition) is 6. The van der Waals surface area contributed by atoms with Gasteiger partial charge in [0.25, 0.3) is 5.91 Å². The van der Waals surface area contributed by atoms with Crippen molar-refractivity contribution in [1.29, 1.82) is 0 Å². The van der Waals surface area contributed by atoms with Crippen LogP contribution in [0, 0.1) is 13.8 Å². The molecule has 0 radical (unpaired) electrons. The number of oxazole rings is 1. The average molecular weight is 402 g/mol. The lowest BCUT2D eigenvalue weighted by molar-refractivity contribution is -0.122. The molecule has 0 unspecified atom stereocenters. The third-order valence-corrected chi connectivity index (χ3v) is 5.11. The Balaban J connectivity index is 1.58. The third kappa shape index (κ3) is 5.44. The molecule has 0 aromatic carbocycles. The standard InChI is InChI=1S/C20H30N6O3/c1-14-6-10-26(23-14)11-7-17(27)21-15(2)19-22-18(16(3)29-19)20(28)25-9-5-8-24(4)12-13-25/h6,10,15H,5,7-9,11-13H2,1-4H3,(H,21,27)/t15-/m0/s1. The Morgan fingerprint density at radius 3 is 2.76 bits per heavy atom. The van der Waals surface area contributed by atoms with E-state index in [1.165, 1.54) is 0 Å². The number of carbonyl (C=O) groups excluding carboxylic acids is 2. The van der Waals surface area contributed by atoms with Crippen LogP contribution in [0.1, 0.15) is 53.6 Å². The molecule has 3 rings (SSSR count). The van der Waals surface area contributed by atoms with Crippen molar-refractivity contribution in [2.45, 2.75) is 46.2 Å². The van der Waals surface area contributed by atoms with Crippen LogP contribution in [0.15, 0.2) is 16.7 Å². The van der Waals surface area contributed by atoms with Crippen molar-refractivity contribution in [1.82, 2.24) is 29.9 Å². The van der Waals surface area contributed by atoms with Crippen LogP contribution in [0.25, 0.3) is 0 Å². The number of amides is 2. The zero-order chi connectivity index (χ0) is 21.0. The number of nitrogens with zero attached hydrogens (tertiary/aromatic N) is 5. The van der Waals surface area contributed by atoms with E-state index in [0.29, 0.717) is 43.4 Å². The first kappa shape index (κ1) is 21.0. The van der Waals surface area contributed by atoms with E-state index in [0.717, 1.165) is 25.2 Å². The van der Waals surface area contributed by atoms with Crippen LogP contribution in [-0.2, 0) is 11.3 Å². The normalized spacial score (nSPS) is 16.5. The van der Waals surface area contributed by atoms with Gasteiger partial charge in [0.2, 0.25) is 11.8 Å². The van der Waals surface area contributed by atoms with Gasteiger partial charge in [-0.05, 0) is 46.9 Å². The van der Waals surface area contributed by atoms with Crippen LogP contribution in [0.2, 0.25) is 0 Å². The van der Waals surface area contributed by atoms with Crippen molar-refractivity contribution in [3.05, 3.63) is 35.3 Å². The molecule has 3 heterocycles. The highest BCUT2D eigenvalue weighted by atomic mass is 16.4. The minimum absolute atomic E-state index is 0.111. The summed E-state index contributed by atoms with van der Waals surface area (Å²) in [6, 6.07) is 1.48. The van der Waals surface area contributed by atoms with E-state index in [1.807, 2.05) is 24.1 Å². The maximum Gasteiger partial charge on any atom is 0.276 e. The maximum absolute atomic E-state index is 12.9. The molecule has 0 bridgehead atoms. The van der Waals surface area contributed by atoms with Crippen LogP contribution in [-0.4, -0.2) is 69.6 Å². The number of nitrogens with one attached hydrogen (secondary N) is 1. The Bertz CT molecular complexity index is 858. The zero-order valence-electron chi connectivity index (χ0n) is 17.6. The summed E-state index contributed by atoms with van der Waals surface area (Å²) < 4.78 is 7.45. The highest BCUT2D eigenvalue weighted by molar-refractivity contribution is 5.93. The van der Waals surface area contributed by atoms with Crippen molar-refractivity contribution < 1.29 is 14.0 Å². The number of aromatic nitrogens is 3. The lowest BCUT2D eigenvalue weighted by Gasteiger charge is -2.19. The van der Waals surface area contributed by atoms with Gasteiger partial charge in [-0.1, -0.05) is 0 Å². The Morgan fingerprint density at radius 1 is 1.24 bits per heavy atom. The van der Waals surface area contributed by atoms with Crippen LogP contribution in [0.5, 0.6) is 0 Å². The SMILES string of the molecule is Cc1ccn(CCC(=O)N[C@@H](C)c2nc(C(=O)N3CCCN(C)CC3)c(C)o2)n1. The molecule has 1 aliphatic heterocycles. The van der Waals surface area contributed by atoms with E-state index in [9.17, 15) is 9.59 Å². The Hall–Kier alpha value is -2.68. The maximum atomic E-state index is 12.9. The molecule has 9 heteroatoms. The summed E-state index contributed by atoms with van der Waals surface area (Å²) in [6.45, 7) is 9.17. The highest BCUT2D eigenvalue weighted by Gasteiger charge is 2.26. The number of likely N-dealkylation sites (N-methyl/N-ethyl adjacent to an activating group) is 1. The van der Waals surface area contributed by atoms with Gasteiger partial charge < -0.3 is 19.5 Å². The summed E-state index contributed by atoms with van der Waals surface area (Å²) in [7, 11) is 2.06. The summed E-state index contributed by atoms with van der Waals surface area (Å²) >= 11 is 0. The van der Waals surface area contributed by atoms with E-state index in [4.69, 9.17) is 4.42 Å². The number of rotatable bonds is 6. The number of carbonyl (C=O) groups is 2. The van der Waals surface area contributed by atoms with Crippen LogP contribution in [0.4, 0.5) is 0 Å². The molecule has 0 saturated carbocycles. The molecule has 9 nitrogen and oxygen atoms in total. The van der Waals surface area contributed by atoms with Gasteiger partial charge in [0, 0.05) is 38.8 Å². The molecule has 1 saturated heterocycles. The van der Waals surface area contributed by atoms with E-state index in [2.05, 4.69) is 27.3 Å². The summed E-state index contributed by atoms with van der Waals surface area (Å²) in [5.41, 5.74) is 1.25. The van der Waals surface area contributed by atoms with E-state index >= 15 is 0 Å². The first-order valence-electron chi connectivity index (χ1n) is 10.1. The van der Waals surface area contributed by atoms with Gasteiger partial charge >= 0.3 is 0 Å². The second-order valence-corrected chi connectivity index (χ2v) is 7.67. The molecule has 2 aromatic rings. The Labute approximate surface area is 171 Å². The topological polar surface area (TPSA) is 96.5 Å². The van der Waals surface area contributed by atoms with Crippen LogP contribution in [0.3, 0.4) is 0 Å². The molecule has 1 atom stereocenters. The molecule has 2 amide bonds. The first-order chi connectivity index (χ1) is 13.8. The van der Waals surface area contributed by atoms with E-state index < -0.39 is 6.04 Å². The number of aryl methyl sites for hydroxylation is 3. The van der Waals surface area contributed by atoms with Crippen molar-refractivity contribution in [2.24, 2.45) is 0 Å². The highest BCUT2D eigenvalue weighted by Crippen LogP contribution is 2.19. The van der Waals surface area contributed by atoms with Gasteiger partial charge in [0.1, 0.15) is 11.8 Å². The van der Waals surface area contributed by atoms with Crippen LogP contribution < -0.4 is 5.32 Å². The third-order valence-electron chi connectivity index (χ3n) is 5.11. The Morgan fingerprint density at radius 2 is 2.03 bits per heavy atom. The Kier molecular flexibility index (Phi) is 6.68. The monoisotopic (exact) mass is 402 g/mol. The van der Waals surface area contributed by atoms with Crippen molar-refractivity contribution in [3.63, 3.8) is 0 Å². The minimum atomic E-state index is -0.419. The van der Waals surface area contributed by atoms with Crippen molar-refractivity contribution >= 4 is 11.8 Å². The zero-order valence-corrected chi connectivity index (χ0v) is 17.6. The minimum Gasteiger partial charge on any atom is -0.443 e. The molecular weight excluding hydrogens is 372 g/mol. The molecule has 1 fully saturated rings. The summed E-state index contributed by atoms with van der Waals surface area (Å²) in [5, 5.41) is 7.15. The predicted octanol–water partition coefficient (Wildman–Crippen LogP) is 1.53. The van der Waals surface area contributed by atoms with E-state index in [-0.39, 0.29) is 11.8 Å². The van der Waals surface area contributed by atoms with Gasteiger partial charge in [0.15, 0.2) is 5.69 Å².